The number of ether oxygens (including phenoxy) is 1. The van der Waals surface area contributed by atoms with E-state index in [1.165, 1.54) is 6.92 Å². The molecule has 0 aromatic carbocycles. The largest absolute Gasteiger partial charge is 0.385 e. The number of hydrogen-bond donors (Lipinski definition) is 1. The van der Waals surface area contributed by atoms with Crippen LogP contribution in [0, 0.1) is 0 Å². The van der Waals surface area contributed by atoms with Crippen LogP contribution in [0.15, 0.2) is 0 Å². The van der Waals surface area contributed by atoms with Crippen molar-refractivity contribution < 1.29 is 14.3 Å². The van der Waals surface area contributed by atoms with Gasteiger partial charge in [-0.3, -0.25) is 9.59 Å². The molecule has 18 heavy (non-hydrogen) atoms. The van der Waals surface area contributed by atoms with E-state index >= 15 is 0 Å². The molecule has 1 N–H and O–H groups in total. The fourth-order valence-corrected chi connectivity index (χ4v) is 1.54. The third kappa shape index (κ3) is 8.98. The first-order valence-electron chi connectivity index (χ1n) is 6.31. The molecule has 0 saturated heterocycles. The summed E-state index contributed by atoms with van der Waals surface area (Å²) in [6.45, 7) is 9.05. The van der Waals surface area contributed by atoms with Gasteiger partial charge in [0.2, 0.25) is 11.8 Å². The van der Waals surface area contributed by atoms with E-state index in [1.807, 2.05) is 20.8 Å². The number of rotatable bonds is 7. The maximum atomic E-state index is 11.6. The van der Waals surface area contributed by atoms with E-state index in [2.05, 4.69) is 5.32 Å². The van der Waals surface area contributed by atoms with E-state index in [0.717, 1.165) is 6.42 Å². The van der Waals surface area contributed by atoms with Gasteiger partial charge in [-0.05, 0) is 27.2 Å². The molecule has 5 nitrogen and oxygen atoms in total. The Kier molecular flexibility index (Phi) is 7.59. The van der Waals surface area contributed by atoms with Gasteiger partial charge in [0.15, 0.2) is 0 Å². The lowest BCUT2D eigenvalue weighted by Gasteiger charge is -2.23. The van der Waals surface area contributed by atoms with Gasteiger partial charge in [0.25, 0.3) is 0 Å². The minimum Gasteiger partial charge on any atom is -0.385 e. The molecular formula is C13H26N2O3. The highest BCUT2D eigenvalue weighted by molar-refractivity contribution is 5.78. The highest BCUT2D eigenvalue weighted by Crippen LogP contribution is 2.01. The number of amides is 2. The van der Waals surface area contributed by atoms with Crippen LogP contribution in [0.5, 0.6) is 0 Å². The number of methoxy groups -OCH3 is 1. The van der Waals surface area contributed by atoms with Crippen LogP contribution in [-0.2, 0) is 14.3 Å². The van der Waals surface area contributed by atoms with Crippen molar-refractivity contribution >= 4 is 11.8 Å². The summed E-state index contributed by atoms with van der Waals surface area (Å²) in [5.74, 6) is -0.0323. The van der Waals surface area contributed by atoms with Crippen LogP contribution in [-0.4, -0.2) is 49.1 Å². The van der Waals surface area contributed by atoms with Crippen molar-refractivity contribution in [3.05, 3.63) is 0 Å². The zero-order valence-electron chi connectivity index (χ0n) is 12.2. The highest BCUT2D eigenvalue weighted by Gasteiger charge is 2.15. The summed E-state index contributed by atoms with van der Waals surface area (Å²) in [4.78, 5) is 24.7. The number of carbonyl (C=O) groups is 2. The fourth-order valence-electron chi connectivity index (χ4n) is 1.54. The smallest absolute Gasteiger partial charge is 0.222 e. The Balaban J connectivity index is 4.03. The molecule has 0 unspecified atom stereocenters. The zero-order valence-corrected chi connectivity index (χ0v) is 12.2. The van der Waals surface area contributed by atoms with Crippen molar-refractivity contribution in [3.63, 3.8) is 0 Å². The Labute approximate surface area is 110 Å². The van der Waals surface area contributed by atoms with Gasteiger partial charge in [-0.15, -0.1) is 0 Å². The molecule has 0 atom stereocenters. The second kappa shape index (κ2) is 8.08. The number of nitrogens with one attached hydrogen (secondary N) is 1. The van der Waals surface area contributed by atoms with E-state index < -0.39 is 0 Å². The molecule has 0 aliphatic carbocycles. The summed E-state index contributed by atoms with van der Waals surface area (Å²) in [6, 6.07) is 0. The second-order valence-corrected chi connectivity index (χ2v) is 5.40. The minimum absolute atomic E-state index is 0.00494. The van der Waals surface area contributed by atoms with Gasteiger partial charge >= 0.3 is 0 Å². The van der Waals surface area contributed by atoms with E-state index in [0.29, 0.717) is 26.1 Å². The van der Waals surface area contributed by atoms with Gasteiger partial charge in [-0.25, -0.2) is 0 Å². The fraction of sp³-hybridized carbons (Fsp3) is 0.846. The monoisotopic (exact) mass is 258 g/mol. The van der Waals surface area contributed by atoms with Crippen molar-refractivity contribution in [1.29, 1.82) is 0 Å². The normalized spacial score (nSPS) is 11.2. The number of nitrogens with zero attached hydrogens (tertiary/aromatic N) is 1. The van der Waals surface area contributed by atoms with Crippen LogP contribution in [0.4, 0.5) is 0 Å². The molecule has 0 aliphatic heterocycles. The molecule has 0 fully saturated rings. The van der Waals surface area contributed by atoms with Gasteiger partial charge in [-0.1, -0.05) is 0 Å². The lowest BCUT2D eigenvalue weighted by atomic mass is 10.1. The average molecular weight is 258 g/mol. The van der Waals surface area contributed by atoms with Crippen LogP contribution in [0.2, 0.25) is 0 Å². The molecule has 0 saturated carbocycles. The summed E-state index contributed by atoms with van der Waals surface area (Å²) in [7, 11) is 1.63. The third-order valence-electron chi connectivity index (χ3n) is 2.35. The van der Waals surface area contributed by atoms with E-state index in [-0.39, 0.29) is 17.4 Å². The Morgan fingerprint density at radius 1 is 1.22 bits per heavy atom. The first kappa shape index (κ1) is 16.9. The first-order valence-corrected chi connectivity index (χ1v) is 6.31. The van der Waals surface area contributed by atoms with Gasteiger partial charge in [0.05, 0.1) is 0 Å². The molecule has 0 aromatic heterocycles. The predicted molar refractivity (Wildman–Crippen MR) is 71.3 cm³/mol. The van der Waals surface area contributed by atoms with Crippen LogP contribution in [0.25, 0.3) is 0 Å². The zero-order chi connectivity index (χ0) is 14.2. The molecule has 0 aliphatic rings. The summed E-state index contributed by atoms with van der Waals surface area (Å²) in [6.07, 6.45) is 1.13. The Bertz CT molecular complexity index is 272. The lowest BCUT2D eigenvalue weighted by Crippen LogP contribution is -2.42. The Morgan fingerprint density at radius 3 is 2.28 bits per heavy atom. The summed E-state index contributed by atoms with van der Waals surface area (Å²) >= 11 is 0. The van der Waals surface area contributed by atoms with Gasteiger partial charge in [0.1, 0.15) is 0 Å². The van der Waals surface area contributed by atoms with Crippen molar-refractivity contribution in [2.75, 3.05) is 26.8 Å². The van der Waals surface area contributed by atoms with Crippen LogP contribution in [0.3, 0.4) is 0 Å². The topological polar surface area (TPSA) is 58.6 Å². The highest BCUT2D eigenvalue weighted by atomic mass is 16.5. The van der Waals surface area contributed by atoms with E-state index in [9.17, 15) is 9.59 Å². The van der Waals surface area contributed by atoms with Crippen molar-refractivity contribution in [2.24, 2.45) is 0 Å². The van der Waals surface area contributed by atoms with Crippen LogP contribution in [0.1, 0.15) is 40.5 Å². The molecule has 0 heterocycles. The van der Waals surface area contributed by atoms with Crippen molar-refractivity contribution in [3.8, 4) is 0 Å². The second-order valence-electron chi connectivity index (χ2n) is 5.40. The summed E-state index contributed by atoms with van der Waals surface area (Å²) in [5.41, 5.74) is -0.228. The van der Waals surface area contributed by atoms with Crippen LogP contribution >= 0.6 is 0 Å². The van der Waals surface area contributed by atoms with Gasteiger partial charge in [-0.2, -0.15) is 0 Å². The molecule has 0 radical (unpaired) electrons. The van der Waals surface area contributed by atoms with Gasteiger partial charge < -0.3 is 15.0 Å². The Morgan fingerprint density at radius 2 is 1.83 bits per heavy atom. The lowest BCUT2D eigenvalue weighted by molar-refractivity contribution is -0.130. The summed E-state index contributed by atoms with van der Waals surface area (Å²) < 4.78 is 4.95. The maximum absolute atomic E-state index is 11.6. The first-order chi connectivity index (χ1) is 8.26. The Hall–Kier alpha value is -1.10. The third-order valence-corrected chi connectivity index (χ3v) is 2.35. The summed E-state index contributed by atoms with van der Waals surface area (Å²) in [5, 5.41) is 2.88. The molecule has 0 aromatic rings. The van der Waals surface area contributed by atoms with E-state index in [4.69, 9.17) is 4.74 Å². The number of hydrogen-bond acceptors (Lipinski definition) is 3. The predicted octanol–water partition coefficient (Wildman–Crippen LogP) is 1.18. The van der Waals surface area contributed by atoms with E-state index in [1.54, 1.807) is 12.0 Å². The minimum atomic E-state index is -0.228. The average Bonchev–Trinajstić information content (AvgIpc) is 2.20. The van der Waals surface area contributed by atoms with Crippen molar-refractivity contribution in [1.82, 2.24) is 10.2 Å². The quantitative estimate of drug-likeness (QED) is 0.698. The molecule has 0 spiro atoms. The molecule has 0 rings (SSSR count). The van der Waals surface area contributed by atoms with Gasteiger partial charge in [0, 0.05) is 45.7 Å². The van der Waals surface area contributed by atoms with Crippen LogP contribution < -0.4 is 5.32 Å². The standard InChI is InChI=1S/C13H26N2O3/c1-11(16)15(8-6-10-18-5)9-7-12(17)14-13(2,3)4/h6-10H2,1-5H3,(H,14,17). The number of carbonyl (C=O) groups excluding carboxylic acids is 2. The van der Waals surface area contributed by atoms with Crippen molar-refractivity contribution in [2.45, 2.75) is 46.1 Å². The molecule has 106 valence electrons. The molecule has 2 amide bonds. The maximum Gasteiger partial charge on any atom is 0.222 e. The molecular weight excluding hydrogens is 232 g/mol. The molecule has 5 heteroatoms. The SMILES string of the molecule is COCCCN(CCC(=O)NC(C)(C)C)C(C)=O. The molecule has 0 bridgehead atoms.